The van der Waals surface area contributed by atoms with Crippen LogP contribution in [0.25, 0.3) is 12.2 Å². The normalized spacial score (nSPS) is 13.2. The molecule has 0 saturated heterocycles. The van der Waals surface area contributed by atoms with Crippen molar-refractivity contribution >= 4 is 17.9 Å². The van der Waals surface area contributed by atoms with Gasteiger partial charge in [-0.1, -0.05) is 72.8 Å². The maximum atomic E-state index is 14.0. The number of aromatic hydroxyl groups is 2. The Morgan fingerprint density at radius 3 is 1.22 bits per heavy atom. The lowest BCUT2D eigenvalue weighted by Gasteiger charge is -2.19. The van der Waals surface area contributed by atoms with E-state index < -0.39 is 11.8 Å². The molecule has 0 aromatic heterocycles. The SMILES string of the molecule is O=C(C(/C=C/c1ccc(F)cc1)c1ccc(O)cc1)C(/C=C/c1ccc(F)cc1)c1ccc(O)cc1. The third-order valence-corrected chi connectivity index (χ3v) is 5.82. The van der Waals surface area contributed by atoms with Crippen LogP contribution >= 0.6 is 0 Å². The standard InChI is InChI=1S/C31H24F2O3/c32-25-11-1-21(2-12-25)5-19-29(23-7-15-27(34)16-8-23)31(36)30(24-9-17-28(35)18-10-24)20-6-22-3-13-26(33)14-4-22/h1-20,29-30,34-35H/b19-5+,20-6+. The Morgan fingerprint density at radius 1 is 0.556 bits per heavy atom. The lowest BCUT2D eigenvalue weighted by atomic mass is 9.82. The van der Waals surface area contributed by atoms with E-state index in [2.05, 4.69) is 0 Å². The molecule has 180 valence electrons. The van der Waals surface area contributed by atoms with Gasteiger partial charge in [0.05, 0.1) is 11.8 Å². The van der Waals surface area contributed by atoms with Gasteiger partial charge in [-0.3, -0.25) is 4.79 Å². The molecule has 0 bridgehead atoms. The zero-order chi connectivity index (χ0) is 25.5. The summed E-state index contributed by atoms with van der Waals surface area (Å²) in [5.74, 6) is -2.06. The van der Waals surface area contributed by atoms with Gasteiger partial charge in [0.25, 0.3) is 0 Å². The Kier molecular flexibility index (Phi) is 7.71. The van der Waals surface area contributed by atoms with Crippen LogP contribution in [0.5, 0.6) is 11.5 Å². The third-order valence-electron chi connectivity index (χ3n) is 5.82. The molecule has 0 amide bonds. The van der Waals surface area contributed by atoms with Crippen LogP contribution in [0.2, 0.25) is 0 Å². The fraction of sp³-hybridized carbons (Fsp3) is 0.0645. The first-order valence-corrected chi connectivity index (χ1v) is 11.4. The van der Waals surface area contributed by atoms with Crippen LogP contribution in [0.3, 0.4) is 0 Å². The fourth-order valence-electron chi connectivity index (χ4n) is 3.86. The third kappa shape index (κ3) is 6.33. The summed E-state index contributed by atoms with van der Waals surface area (Å²) < 4.78 is 26.7. The van der Waals surface area contributed by atoms with Crippen molar-refractivity contribution in [2.75, 3.05) is 0 Å². The van der Waals surface area contributed by atoms with Gasteiger partial charge in [0.1, 0.15) is 23.1 Å². The highest BCUT2D eigenvalue weighted by Crippen LogP contribution is 2.32. The first-order chi connectivity index (χ1) is 17.4. The van der Waals surface area contributed by atoms with E-state index in [0.29, 0.717) is 11.1 Å². The number of carbonyl (C=O) groups is 1. The van der Waals surface area contributed by atoms with Crippen LogP contribution in [0.1, 0.15) is 34.1 Å². The van der Waals surface area contributed by atoms with Gasteiger partial charge in [0, 0.05) is 0 Å². The van der Waals surface area contributed by atoms with Crippen LogP contribution in [0.4, 0.5) is 8.78 Å². The number of phenolic OH excluding ortho intramolecular Hbond substituents is 2. The van der Waals surface area contributed by atoms with Crippen LogP contribution in [0, 0.1) is 11.6 Å². The summed E-state index contributed by atoms with van der Waals surface area (Å²) in [4.78, 5) is 14.0. The van der Waals surface area contributed by atoms with Gasteiger partial charge >= 0.3 is 0 Å². The Labute approximate surface area is 208 Å². The minimum atomic E-state index is -0.688. The average molecular weight is 483 g/mol. The number of halogens is 2. The van der Waals surface area contributed by atoms with Crippen molar-refractivity contribution in [3.63, 3.8) is 0 Å². The van der Waals surface area contributed by atoms with E-state index in [0.717, 1.165) is 11.1 Å². The number of hydrogen-bond acceptors (Lipinski definition) is 3. The molecule has 2 atom stereocenters. The molecule has 0 heterocycles. The maximum Gasteiger partial charge on any atom is 0.155 e. The molecule has 4 aromatic rings. The molecular weight excluding hydrogens is 458 g/mol. The zero-order valence-corrected chi connectivity index (χ0v) is 19.3. The zero-order valence-electron chi connectivity index (χ0n) is 19.3. The topological polar surface area (TPSA) is 57.5 Å². The van der Waals surface area contributed by atoms with Gasteiger partial charge < -0.3 is 10.2 Å². The number of hydrogen-bond donors (Lipinski definition) is 2. The highest BCUT2D eigenvalue weighted by Gasteiger charge is 2.26. The molecule has 2 unspecified atom stereocenters. The second-order valence-electron chi connectivity index (χ2n) is 8.36. The maximum absolute atomic E-state index is 14.0. The number of ketones is 1. The molecule has 36 heavy (non-hydrogen) atoms. The lowest BCUT2D eigenvalue weighted by Crippen LogP contribution is -2.18. The first-order valence-electron chi connectivity index (χ1n) is 11.4. The molecule has 4 rings (SSSR count). The number of rotatable bonds is 8. The highest BCUT2D eigenvalue weighted by atomic mass is 19.1. The quantitative estimate of drug-likeness (QED) is 0.278. The molecule has 0 radical (unpaired) electrons. The van der Waals surface area contributed by atoms with Crippen molar-refractivity contribution in [3.05, 3.63) is 143 Å². The van der Waals surface area contributed by atoms with Gasteiger partial charge in [-0.2, -0.15) is 0 Å². The van der Waals surface area contributed by atoms with Crippen molar-refractivity contribution in [1.82, 2.24) is 0 Å². The molecule has 0 saturated carbocycles. The number of allylic oxidation sites excluding steroid dienone is 2. The van der Waals surface area contributed by atoms with E-state index in [1.807, 2.05) is 0 Å². The monoisotopic (exact) mass is 482 g/mol. The molecule has 0 aliphatic carbocycles. The molecular formula is C31H24F2O3. The molecule has 0 spiro atoms. The number of phenols is 2. The van der Waals surface area contributed by atoms with E-state index in [9.17, 15) is 23.8 Å². The minimum Gasteiger partial charge on any atom is -0.508 e. The summed E-state index contributed by atoms with van der Waals surface area (Å²) in [6.07, 6.45) is 7.01. The fourth-order valence-corrected chi connectivity index (χ4v) is 3.86. The van der Waals surface area contributed by atoms with Gasteiger partial charge in [-0.15, -0.1) is 0 Å². The molecule has 2 N–H and O–H groups in total. The van der Waals surface area contributed by atoms with Crippen LogP contribution in [-0.2, 0) is 4.79 Å². The van der Waals surface area contributed by atoms with E-state index in [1.54, 1.807) is 72.8 Å². The van der Waals surface area contributed by atoms with Crippen LogP contribution < -0.4 is 0 Å². The van der Waals surface area contributed by atoms with Crippen molar-refractivity contribution in [1.29, 1.82) is 0 Å². The molecule has 5 heteroatoms. The van der Waals surface area contributed by atoms with Crippen molar-refractivity contribution in [3.8, 4) is 11.5 Å². The highest BCUT2D eigenvalue weighted by molar-refractivity contribution is 5.96. The largest absolute Gasteiger partial charge is 0.508 e. The molecule has 0 aliphatic heterocycles. The van der Waals surface area contributed by atoms with E-state index in [4.69, 9.17) is 0 Å². The predicted octanol–water partition coefficient (Wildman–Crippen LogP) is 7.24. The van der Waals surface area contributed by atoms with E-state index in [1.165, 1.54) is 48.5 Å². The molecule has 0 fully saturated rings. The Bertz CT molecular complexity index is 1250. The minimum absolute atomic E-state index is 0.0822. The molecule has 0 aliphatic rings. The van der Waals surface area contributed by atoms with Crippen molar-refractivity contribution in [2.45, 2.75) is 11.8 Å². The predicted molar refractivity (Wildman–Crippen MR) is 138 cm³/mol. The summed E-state index contributed by atoms with van der Waals surface area (Å²) in [5.41, 5.74) is 2.82. The summed E-state index contributed by atoms with van der Waals surface area (Å²) in [6, 6.07) is 24.7. The van der Waals surface area contributed by atoms with E-state index >= 15 is 0 Å². The van der Waals surface area contributed by atoms with Gasteiger partial charge in [-0.25, -0.2) is 8.78 Å². The Morgan fingerprint density at radius 2 is 0.889 bits per heavy atom. The number of benzene rings is 4. The Balaban J connectivity index is 1.74. The van der Waals surface area contributed by atoms with Crippen LogP contribution in [0.15, 0.2) is 109 Å². The van der Waals surface area contributed by atoms with Gasteiger partial charge in [-0.05, 0) is 70.8 Å². The summed E-state index contributed by atoms with van der Waals surface area (Å²) in [7, 11) is 0. The summed E-state index contributed by atoms with van der Waals surface area (Å²) in [5, 5.41) is 19.5. The Hall–Kier alpha value is -4.51. The van der Waals surface area contributed by atoms with Crippen LogP contribution in [-0.4, -0.2) is 16.0 Å². The second-order valence-corrected chi connectivity index (χ2v) is 8.36. The molecule has 3 nitrogen and oxygen atoms in total. The van der Waals surface area contributed by atoms with Crippen molar-refractivity contribution < 1.29 is 23.8 Å². The van der Waals surface area contributed by atoms with Gasteiger partial charge in [0.2, 0.25) is 0 Å². The summed E-state index contributed by atoms with van der Waals surface area (Å²) >= 11 is 0. The molecule has 4 aromatic carbocycles. The smallest absolute Gasteiger partial charge is 0.155 e. The number of Topliss-reactive ketones (excluding diaryl/α,β-unsaturated/α-hetero) is 1. The summed E-state index contributed by atoms with van der Waals surface area (Å²) in [6.45, 7) is 0. The number of carbonyl (C=O) groups excluding carboxylic acids is 1. The second kappa shape index (κ2) is 11.3. The van der Waals surface area contributed by atoms with Crippen molar-refractivity contribution in [2.24, 2.45) is 0 Å². The first kappa shape index (κ1) is 24.6. The lowest BCUT2D eigenvalue weighted by molar-refractivity contribution is -0.120. The average Bonchev–Trinajstić information content (AvgIpc) is 2.88. The van der Waals surface area contributed by atoms with E-state index in [-0.39, 0.29) is 28.9 Å². The van der Waals surface area contributed by atoms with Gasteiger partial charge in [0.15, 0.2) is 5.78 Å².